The van der Waals surface area contributed by atoms with Crippen LogP contribution in [0, 0.1) is 0 Å². The van der Waals surface area contributed by atoms with E-state index in [-0.39, 0.29) is 30.4 Å². The third kappa shape index (κ3) is 7.30. The molecule has 0 aromatic heterocycles. The summed E-state index contributed by atoms with van der Waals surface area (Å²) in [5.41, 5.74) is 0.968. The second kappa shape index (κ2) is 9.45. The van der Waals surface area contributed by atoms with Crippen molar-refractivity contribution < 1.29 is 19.1 Å². The molecule has 0 aliphatic heterocycles. The van der Waals surface area contributed by atoms with Crippen molar-refractivity contribution in [3.05, 3.63) is 29.8 Å². The molecule has 7 heteroatoms. The smallest absolute Gasteiger partial charge is 0.319 e. The van der Waals surface area contributed by atoms with Gasteiger partial charge in [-0.1, -0.05) is 6.07 Å². The summed E-state index contributed by atoms with van der Waals surface area (Å²) in [5, 5.41) is 8.09. The Morgan fingerprint density at radius 3 is 2.61 bits per heavy atom. The Labute approximate surface area is 135 Å². The van der Waals surface area contributed by atoms with Crippen LogP contribution in [0.4, 0.5) is 10.5 Å². The van der Waals surface area contributed by atoms with Crippen molar-refractivity contribution in [2.75, 3.05) is 19.0 Å². The number of esters is 1. The molecule has 7 nitrogen and oxygen atoms in total. The summed E-state index contributed by atoms with van der Waals surface area (Å²) in [6.07, 6.45) is 0.765. The molecule has 0 fully saturated rings. The minimum Gasteiger partial charge on any atom is -0.469 e. The van der Waals surface area contributed by atoms with Gasteiger partial charge in [-0.2, -0.15) is 0 Å². The summed E-state index contributed by atoms with van der Waals surface area (Å²) in [5.74, 6) is -0.565. The zero-order valence-electron chi connectivity index (χ0n) is 13.6. The van der Waals surface area contributed by atoms with Crippen molar-refractivity contribution in [2.24, 2.45) is 0 Å². The second-order valence-electron chi connectivity index (χ2n) is 5.27. The molecule has 1 aromatic rings. The summed E-state index contributed by atoms with van der Waals surface area (Å²) < 4.78 is 4.52. The standard InChI is InChI=1S/C16H23N3O4/c1-11(2)18-16(22)19-13-7-4-6-12(10-13)15(21)17-9-5-8-14(20)23-3/h4,6-7,10-11H,5,8-9H2,1-3H3,(H,17,21)(H2,18,19,22). The van der Waals surface area contributed by atoms with Crippen molar-refractivity contribution in [3.63, 3.8) is 0 Å². The summed E-state index contributed by atoms with van der Waals surface area (Å²) in [6, 6.07) is 6.34. The van der Waals surface area contributed by atoms with E-state index in [1.807, 2.05) is 13.8 Å². The molecule has 0 aliphatic carbocycles. The lowest BCUT2D eigenvalue weighted by Crippen LogP contribution is -2.34. The first kappa shape index (κ1) is 18.5. The van der Waals surface area contributed by atoms with Crippen molar-refractivity contribution in [3.8, 4) is 0 Å². The highest BCUT2D eigenvalue weighted by Crippen LogP contribution is 2.10. The van der Waals surface area contributed by atoms with Gasteiger partial charge in [-0.15, -0.1) is 0 Å². The van der Waals surface area contributed by atoms with Gasteiger partial charge in [0.15, 0.2) is 0 Å². The number of ether oxygens (including phenoxy) is 1. The number of hydrogen-bond acceptors (Lipinski definition) is 4. The Morgan fingerprint density at radius 1 is 1.22 bits per heavy atom. The van der Waals surface area contributed by atoms with Crippen LogP contribution < -0.4 is 16.0 Å². The van der Waals surface area contributed by atoms with Gasteiger partial charge in [-0.3, -0.25) is 9.59 Å². The molecule has 0 unspecified atom stereocenters. The minimum absolute atomic E-state index is 0.0243. The highest BCUT2D eigenvalue weighted by Gasteiger charge is 2.08. The zero-order chi connectivity index (χ0) is 17.2. The molecule has 0 saturated carbocycles. The molecule has 0 bridgehead atoms. The van der Waals surface area contributed by atoms with Crippen LogP contribution in [0.25, 0.3) is 0 Å². The van der Waals surface area contributed by atoms with Crippen LogP contribution in [0.1, 0.15) is 37.0 Å². The topological polar surface area (TPSA) is 96.5 Å². The highest BCUT2D eigenvalue weighted by molar-refractivity contribution is 5.96. The Kier molecular flexibility index (Phi) is 7.59. The van der Waals surface area contributed by atoms with E-state index in [2.05, 4.69) is 20.7 Å². The largest absolute Gasteiger partial charge is 0.469 e. The molecule has 0 spiro atoms. The average Bonchev–Trinajstić information content (AvgIpc) is 2.50. The van der Waals surface area contributed by atoms with Gasteiger partial charge in [0, 0.05) is 30.3 Å². The van der Waals surface area contributed by atoms with E-state index in [0.717, 1.165) is 0 Å². The number of methoxy groups -OCH3 is 1. The summed E-state index contributed by atoms with van der Waals surface area (Å²) >= 11 is 0. The van der Waals surface area contributed by atoms with Gasteiger partial charge < -0.3 is 20.7 Å². The second-order valence-corrected chi connectivity index (χ2v) is 5.27. The monoisotopic (exact) mass is 321 g/mol. The Bertz CT molecular complexity index is 558. The number of carbonyl (C=O) groups is 3. The van der Waals surface area contributed by atoms with E-state index < -0.39 is 0 Å². The molecule has 126 valence electrons. The zero-order valence-corrected chi connectivity index (χ0v) is 13.6. The third-order valence-corrected chi connectivity index (χ3v) is 2.87. The first-order valence-electron chi connectivity index (χ1n) is 7.45. The van der Waals surface area contributed by atoms with E-state index in [1.165, 1.54) is 7.11 Å². The van der Waals surface area contributed by atoms with Crippen LogP contribution in [0.3, 0.4) is 0 Å². The van der Waals surface area contributed by atoms with E-state index in [9.17, 15) is 14.4 Å². The number of rotatable bonds is 7. The number of anilines is 1. The van der Waals surface area contributed by atoms with Gasteiger partial charge in [-0.05, 0) is 38.5 Å². The number of nitrogens with one attached hydrogen (secondary N) is 3. The van der Waals surface area contributed by atoms with E-state index in [1.54, 1.807) is 24.3 Å². The van der Waals surface area contributed by atoms with Crippen molar-refractivity contribution in [2.45, 2.75) is 32.7 Å². The lowest BCUT2D eigenvalue weighted by atomic mass is 10.2. The number of urea groups is 1. The van der Waals surface area contributed by atoms with Crippen molar-refractivity contribution in [1.29, 1.82) is 0 Å². The van der Waals surface area contributed by atoms with Crippen LogP contribution in [0.15, 0.2) is 24.3 Å². The molecule has 3 N–H and O–H groups in total. The van der Waals surface area contributed by atoms with Crippen LogP contribution in [-0.4, -0.2) is 37.6 Å². The van der Waals surface area contributed by atoms with Crippen molar-refractivity contribution >= 4 is 23.6 Å². The summed E-state index contributed by atoms with van der Waals surface area (Å²) in [7, 11) is 1.33. The van der Waals surface area contributed by atoms with Gasteiger partial charge in [0.05, 0.1) is 7.11 Å². The highest BCUT2D eigenvalue weighted by atomic mass is 16.5. The van der Waals surface area contributed by atoms with Crippen molar-refractivity contribution in [1.82, 2.24) is 10.6 Å². The van der Waals surface area contributed by atoms with E-state index >= 15 is 0 Å². The predicted octanol–water partition coefficient (Wildman–Crippen LogP) is 1.90. The molecule has 1 rings (SSSR count). The number of benzene rings is 1. The summed E-state index contributed by atoms with van der Waals surface area (Å²) in [6.45, 7) is 4.09. The van der Waals surface area contributed by atoms with Crippen LogP contribution >= 0.6 is 0 Å². The van der Waals surface area contributed by atoms with Gasteiger partial charge in [0.2, 0.25) is 0 Å². The van der Waals surface area contributed by atoms with Crippen LogP contribution in [0.5, 0.6) is 0 Å². The number of carbonyl (C=O) groups excluding carboxylic acids is 3. The molecule has 23 heavy (non-hydrogen) atoms. The van der Waals surface area contributed by atoms with Crippen LogP contribution in [0.2, 0.25) is 0 Å². The van der Waals surface area contributed by atoms with Gasteiger partial charge in [0.25, 0.3) is 5.91 Å². The lowest BCUT2D eigenvalue weighted by molar-refractivity contribution is -0.140. The van der Waals surface area contributed by atoms with Crippen LogP contribution in [-0.2, 0) is 9.53 Å². The van der Waals surface area contributed by atoms with Gasteiger partial charge >= 0.3 is 12.0 Å². The fourth-order valence-electron chi connectivity index (χ4n) is 1.81. The molecule has 0 aliphatic rings. The number of amides is 3. The molecule has 3 amide bonds. The molecule has 1 aromatic carbocycles. The maximum absolute atomic E-state index is 12.0. The fourth-order valence-corrected chi connectivity index (χ4v) is 1.81. The molecular weight excluding hydrogens is 298 g/mol. The molecule has 0 heterocycles. The number of hydrogen-bond donors (Lipinski definition) is 3. The molecule has 0 atom stereocenters. The molecular formula is C16H23N3O4. The Morgan fingerprint density at radius 2 is 1.96 bits per heavy atom. The maximum atomic E-state index is 12.0. The Balaban J connectivity index is 2.50. The summed E-state index contributed by atoms with van der Waals surface area (Å²) in [4.78, 5) is 34.6. The Hall–Kier alpha value is -2.57. The molecule has 0 radical (unpaired) electrons. The van der Waals surface area contributed by atoms with E-state index in [4.69, 9.17) is 0 Å². The molecule has 0 saturated heterocycles. The quantitative estimate of drug-likeness (QED) is 0.528. The maximum Gasteiger partial charge on any atom is 0.319 e. The third-order valence-electron chi connectivity index (χ3n) is 2.87. The SMILES string of the molecule is COC(=O)CCCNC(=O)c1cccc(NC(=O)NC(C)C)c1. The van der Waals surface area contributed by atoms with Gasteiger partial charge in [0.1, 0.15) is 0 Å². The van der Waals surface area contributed by atoms with Gasteiger partial charge in [-0.25, -0.2) is 4.79 Å². The first-order chi connectivity index (χ1) is 10.9. The fraction of sp³-hybridized carbons (Fsp3) is 0.438. The van der Waals surface area contributed by atoms with E-state index in [0.29, 0.717) is 24.2 Å². The predicted molar refractivity (Wildman–Crippen MR) is 87.3 cm³/mol. The minimum atomic E-state index is -0.323. The lowest BCUT2D eigenvalue weighted by Gasteiger charge is -2.11. The average molecular weight is 321 g/mol. The normalized spacial score (nSPS) is 10.1. The first-order valence-corrected chi connectivity index (χ1v) is 7.45.